The Hall–Kier alpha value is -9.53. The van der Waals surface area contributed by atoms with Gasteiger partial charge in [-0.15, -0.1) is 0 Å². The molecule has 133 heavy (non-hydrogen) atoms. The lowest BCUT2D eigenvalue weighted by atomic mass is 9.74. The molecule has 0 saturated heterocycles. The first-order chi connectivity index (χ1) is 61.0. The third-order valence-electron chi connectivity index (χ3n) is 24.6. The highest BCUT2D eigenvalue weighted by Crippen LogP contribution is 2.55. The molecule has 7 aromatic carbocycles. The molecule has 0 aromatic heterocycles. The van der Waals surface area contributed by atoms with E-state index in [1.165, 1.54) is 63.8 Å². The standard InChI is InChI=1S/C83H94N6O34S10/c1-80(2)62-39-50(22-25-63(62)86(31-14-36-125(97,98)99)70(80)17-11-18-72-82(5,6)76-60(79(92)93)44-53(128(106,107)108)45-66(76)89(72)33-16-38-127(103,104)105)48-84-78(91)52-40-51-28-34-85(49-61(51)67(41-52)131(115,116)117)74(90)21-9-8-10-30-87-64-26-23-56-58(42-54(129(109,110)111)46-68(56)132(118,119)120)75(64)81(3,4)71(87)19-12-20-73-83(7,29-13-35-124(94,95)96)77-59-43-55(130(112,113)114)47-69(133(121,122)123)57(59)24-27-65(77)88(73)32-15-37-126(100,101)102/h11-12,17-20,22-27,39-47H,8-10,13-16,21,28-38,48-49H2,1-7H3,(H10-2,84,91,92,93,94,95,96,97,98,99,100,101,102,103,104,105,106,107,108,109,110,111,112,113,114,115,116,117,118,119,120,121,122,123)/p+2. The second-order valence-corrected chi connectivity index (χ2v) is 49.4. The molecule has 2 amide bonds. The number of nitrogens with zero attached hydrogens (tertiary/aromatic N) is 5. The van der Waals surface area contributed by atoms with Crippen LogP contribution in [-0.2, 0) is 147 Å². The molecule has 5 heterocycles. The van der Waals surface area contributed by atoms with Crippen molar-refractivity contribution in [2.75, 3.05) is 65.5 Å². The number of amides is 2. The Labute approximate surface area is 768 Å². The zero-order valence-electron chi connectivity index (χ0n) is 72.1. The predicted octanol–water partition coefficient (Wildman–Crippen LogP) is 8.96. The molecule has 5 aliphatic heterocycles. The van der Waals surface area contributed by atoms with E-state index in [4.69, 9.17) is 0 Å². The van der Waals surface area contributed by atoms with E-state index in [9.17, 15) is 149 Å². The second-order valence-electron chi connectivity index (χ2n) is 34.7. The number of nitrogens with one attached hydrogen (secondary N) is 1. The third kappa shape index (κ3) is 22.0. The quantitative estimate of drug-likeness (QED) is 0.00989. The molecule has 0 radical (unpaired) electrons. The summed E-state index contributed by atoms with van der Waals surface area (Å²) in [5.74, 6) is -5.87. The van der Waals surface area contributed by atoms with Crippen LogP contribution in [0.3, 0.4) is 0 Å². The first-order valence-corrected chi connectivity index (χ1v) is 55.9. The number of aromatic carboxylic acids is 1. The van der Waals surface area contributed by atoms with Gasteiger partial charge in [-0.1, -0.05) is 58.4 Å². The van der Waals surface area contributed by atoms with Crippen LogP contribution in [0.5, 0.6) is 0 Å². The van der Waals surface area contributed by atoms with Gasteiger partial charge in [-0.05, 0) is 171 Å². The number of carbonyl (C=O) groups is 3. The van der Waals surface area contributed by atoms with Crippen LogP contribution in [0.25, 0.3) is 21.5 Å². The van der Waals surface area contributed by atoms with Crippen molar-refractivity contribution in [2.24, 2.45) is 0 Å². The van der Waals surface area contributed by atoms with Crippen molar-refractivity contribution >= 4 is 175 Å². The minimum Gasteiger partial charge on any atom is -0.478 e. The van der Waals surface area contributed by atoms with Crippen molar-refractivity contribution < 1.29 is 158 Å². The maximum absolute atomic E-state index is 14.3. The molecule has 40 nitrogen and oxygen atoms in total. The van der Waals surface area contributed by atoms with Crippen LogP contribution < -0.4 is 15.1 Å². The van der Waals surface area contributed by atoms with E-state index < -0.39 is 199 Å². The summed E-state index contributed by atoms with van der Waals surface area (Å²) >= 11 is 0. The molecular weight excluding hydrogens is 1950 g/mol. The van der Waals surface area contributed by atoms with Crippen LogP contribution in [0.2, 0.25) is 0 Å². The van der Waals surface area contributed by atoms with Gasteiger partial charge in [0.25, 0.3) is 107 Å². The topological polar surface area (TPSA) is 643 Å². The molecule has 12 N–H and O–H groups in total. The summed E-state index contributed by atoms with van der Waals surface area (Å²) in [6.45, 7) is 10.9. The zero-order valence-corrected chi connectivity index (χ0v) is 80.3. The normalized spacial score (nSPS) is 18.3. The summed E-state index contributed by atoms with van der Waals surface area (Å²) < 4.78 is 358. The Kier molecular flexibility index (Phi) is 28.1. The number of benzene rings is 7. The van der Waals surface area contributed by atoms with Crippen LogP contribution >= 0.6 is 0 Å². The minimum absolute atomic E-state index is 0.00190. The molecule has 7 aromatic rings. The summed E-state index contributed by atoms with van der Waals surface area (Å²) in [7, 11) is -49.6. The van der Waals surface area contributed by atoms with E-state index in [1.54, 1.807) is 79.7 Å². The number of hydrogen-bond donors (Lipinski definition) is 12. The van der Waals surface area contributed by atoms with E-state index in [0.717, 1.165) is 30.3 Å². The van der Waals surface area contributed by atoms with E-state index in [-0.39, 0.29) is 176 Å². The van der Waals surface area contributed by atoms with Gasteiger partial charge in [-0.3, -0.25) is 55.1 Å². The van der Waals surface area contributed by atoms with Gasteiger partial charge >= 0.3 is 5.97 Å². The van der Waals surface area contributed by atoms with Gasteiger partial charge in [0.1, 0.15) is 22.9 Å². The Balaban J connectivity index is 0.797. The van der Waals surface area contributed by atoms with Crippen molar-refractivity contribution in [3.8, 4) is 0 Å². The van der Waals surface area contributed by atoms with Gasteiger partial charge in [0, 0.05) is 143 Å². The number of carboxylic acids is 1. The number of unbranched alkanes of at least 4 members (excludes halogenated alkanes) is 2. The van der Waals surface area contributed by atoms with E-state index in [2.05, 4.69) is 5.32 Å². The molecule has 720 valence electrons. The van der Waals surface area contributed by atoms with E-state index in [0.29, 0.717) is 57.3 Å². The van der Waals surface area contributed by atoms with Crippen molar-refractivity contribution in [3.63, 3.8) is 0 Å². The Morgan fingerprint density at radius 3 is 1.44 bits per heavy atom. The monoisotopic (exact) mass is 2040 g/mol. The van der Waals surface area contributed by atoms with Crippen molar-refractivity contribution in [1.82, 2.24) is 10.2 Å². The van der Waals surface area contributed by atoms with Crippen molar-refractivity contribution in [3.05, 3.63) is 189 Å². The van der Waals surface area contributed by atoms with Crippen LogP contribution in [0.4, 0.5) is 22.7 Å². The van der Waals surface area contributed by atoms with Crippen molar-refractivity contribution in [2.45, 2.75) is 177 Å². The lowest BCUT2D eigenvalue weighted by molar-refractivity contribution is -0.437. The number of fused-ring (bicyclic) bond motifs is 9. The lowest BCUT2D eigenvalue weighted by Gasteiger charge is -2.30. The number of allylic oxidation sites excluding steroid dienone is 8. The maximum atomic E-state index is 14.3. The summed E-state index contributed by atoms with van der Waals surface area (Å²) in [5.41, 5.74) is -1.58. The average Bonchev–Trinajstić information content (AvgIpc) is 1.54. The number of hydrogen-bond acceptors (Lipinski definition) is 25. The molecule has 50 heteroatoms. The highest BCUT2D eigenvalue weighted by molar-refractivity contribution is 7.88. The average molecular weight is 2040 g/mol. The molecule has 5 aliphatic rings. The smallest absolute Gasteiger partial charge is 0.336 e. The number of anilines is 2. The molecule has 12 rings (SSSR count). The Morgan fingerprint density at radius 2 is 0.917 bits per heavy atom. The summed E-state index contributed by atoms with van der Waals surface area (Å²) in [5, 5.41) is 12.4. The lowest BCUT2D eigenvalue weighted by Crippen LogP contribution is -2.37. The van der Waals surface area contributed by atoms with Crippen LogP contribution in [0, 0.1) is 0 Å². The van der Waals surface area contributed by atoms with Gasteiger partial charge in [0.05, 0.1) is 59.0 Å². The summed E-state index contributed by atoms with van der Waals surface area (Å²) in [6, 6.07) is 17.7. The molecular formula is C83H96N6O34S10+2. The number of carbonyl (C=O) groups excluding carboxylic acids is 2. The number of rotatable bonds is 36. The molecule has 0 saturated carbocycles. The Morgan fingerprint density at radius 1 is 0.444 bits per heavy atom. The first-order valence-electron chi connectivity index (χ1n) is 40.8. The van der Waals surface area contributed by atoms with E-state index >= 15 is 0 Å². The summed E-state index contributed by atoms with van der Waals surface area (Å²) in [4.78, 5) is 40.7. The largest absolute Gasteiger partial charge is 0.478 e. The van der Waals surface area contributed by atoms with Crippen molar-refractivity contribution in [1.29, 1.82) is 0 Å². The Bertz CT molecular complexity index is 7590. The van der Waals surface area contributed by atoms with Crippen LogP contribution in [-0.4, -0.2) is 234 Å². The fraction of sp³-hybridized carbons (Fsp3) is 0.386. The van der Waals surface area contributed by atoms with Crippen LogP contribution in [0.15, 0.2) is 168 Å². The fourth-order valence-electron chi connectivity index (χ4n) is 18.7. The molecule has 0 bridgehead atoms. The predicted molar refractivity (Wildman–Crippen MR) is 486 cm³/mol. The summed E-state index contributed by atoms with van der Waals surface area (Å²) in [6.07, 6.45) is 8.60. The first kappa shape index (κ1) is 102. The van der Waals surface area contributed by atoms with E-state index in [1.807, 2.05) is 13.8 Å². The highest BCUT2D eigenvalue weighted by Gasteiger charge is 2.52. The highest BCUT2D eigenvalue weighted by atomic mass is 32.3. The molecule has 0 spiro atoms. The maximum Gasteiger partial charge on any atom is 0.336 e. The van der Waals surface area contributed by atoms with Gasteiger partial charge < -0.3 is 25.1 Å². The molecule has 1 atom stereocenters. The second kappa shape index (κ2) is 36.5. The van der Waals surface area contributed by atoms with Gasteiger partial charge in [0.15, 0.2) is 11.4 Å². The SMILES string of the molecule is CC1(C)C(/C=C/C=C2/N(CCCS(=O)(=O)O)c3cc(S(=O)(=O)O)cc(C(=O)O)c3C2(C)C)=[N+](CCCS(=O)(=O)O)c2ccc(CNC(=O)c3cc4c(c(S(=O)(=O)O)c3)CN(C(=O)CCCCCN3/C(=C/C=C/C5=[N+](CCCS(=O)(=O)O)c6ccc7c(S(=O)(=O)O)cc(S(=O)(=O)O)cc7c6C5(C)CCCS(=O)(=O)O)C(C)(C)c5c3ccc3c(S(=O)(=O)O)cc(S(=O)(=O)O)cc53)CC4)cc21. The third-order valence-corrected chi connectivity index (χ3v) is 33.0. The zero-order chi connectivity index (χ0) is 98.6. The van der Waals surface area contributed by atoms with Gasteiger partial charge in [-0.2, -0.15) is 93.3 Å². The van der Waals surface area contributed by atoms with Gasteiger partial charge in [0.2, 0.25) is 17.3 Å². The molecule has 0 aliphatic carbocycles. The van der Waals surface area contributed by atoms with Crippen LogP contribution in [0.1, 0.15) is 166 Å². The minimum atomic E-state index is -5.32. The molecule has 0 fully saturated rings. The molecule has 1 unspecified atom stereocenters. The number of carboxylic acid groups (broad SMARTS) is 1. The van der Waals surface area contributed by atoms with Gasteiger partial charge in [-0.25, -0.2) is 4.79 Å². The fourth-order valence-corrected chi connectivity index (χ4v) is 24.7.